The fourth-order valence-electron chi connectivity index (χ4n) is 2.79. The summed E-state index contributed by atoms with van der Waals surface area (Å²) in [6.45, 7) is 6.35. The summed E-state index contributed by atoms with van der Waals surface area (Å²) in [6.07, 6.45) is 8.91. The van der Waals surface area contributed by atoms with E-state index in [1.807, 2.05) is 0 Å². The van der Waals surface area contributed by atoms with Crippen LogP contribution in [0.15, 0.2) is 0 Å². The molecule has 0 aliphatic carbocycles. The predicted octanol–water partition coefficient (Wildman–Crippen LogP) is 3.31. The number of ketones is 1. The lowest BCUT2D eigenvalue weighted by Gasteiger charge is -2.26. The minimum Gasteiger partial charge on any atom is -0.316 e. The van der Waals surface area contributed by atoms with Crippen LogP contribution in [0.1, 0.15) is 65.2 Å². The molecule has 1 rings (SSSR count). The average molecular weight is 225 g/mol. The second-order valence-corrected chi connectivity index (χ2v) is 5.19. The maximum absolute atomic E-state index is 12.3. The van der Waals surface area contributed by atoms with Crippen molar-refractivity contribution in [2.24, 2.45) is 5.41 Å². The molecule has 1 fully saturated rings. The number of hydrogen-bond acceptors (Lipinski definition) is 2. The van der Waals surface area contributed by atoms with Crippen molar-refractivity contribution < 1.29 is 4.79 Å². The molecule has 1 aliphatic rings. The Labute approximate surface area is 100 Å². The third-order valence-corrected chi connectivity index (χ3v) is 3.82. The van der Waals surface area contributed by atoms with Crippen LogP contribution in [-0.2, 0) is 4.79 Å². The van der Waals surface area contributed by atoms with Crippen molar-refractivity contribution in [2.45, 2.75) is 65.2 Å². The van der Waals surface area contributed by atoms with Gasteiger partial charge in [0, 0.05) is 18.4 Å². The Balaban J connectivity index is 2.36. The monoisotopic (exact) mass is 225 g/mol. The van der Waals surface area contributed by atoms with E-state index in [1.54, 1.807) is 0 Å². The van der Waals surface area contributed by atoms with Crippen LogP contribution in [0.2, 0.25) is 0 Å². The summed E-state index contributed by atoms with van der Waals surface area (Å²) in [5, 5.41) is 3.36. The zero-order valence-corrected chi connectivity index (χ0v) is 11.0. The molecule has 1 heterocycles. The van der Waals surface area contributed by atoms with Gasteiger partial charge < -0.3 is 5.32 Å². The highest BCUT2D eigenvalue weighted by Gasteiger charge is 2.38. The number of carbonyl (C=O) groups is 1. The van der Waals surface area contributed by atoms with E-state index in [1.165, 1.54) is 19.3 Å². The van der Waals surface area contributed by atoms with Crippen LogP contribution in [0.4, 0.5) is 0 Å². The molecule has 1 N–H and O–H groups in total. The fourth-order valence-corrected chi connectivity index (χ4v) is 2.79. The minimum absolute atomic E-state index is 0.000957. The molecule has 16 heavy (non-hydrogen) atoms. The molecule has 1 saturated heterocycles. The van der Waals surface area contributed by atoms with E-state index in [0.29, 0.717) is 5.78 Å². The summed E-state index contributed by atoms with van der Waals surface area (Å²) in [7, 11) is 0. The highest BCUT2D eigenvalue weighted by Crippen LogP contribution is 2.33. The predicted molar refractivity (Wildman–Crippen MR) is 68.6 cm³/mol. The highest BCUT2D eigenvalue weighted by molar-refractivity contribution is 5.85. The minimum atomic E-state index is 0.000957. The molecule has 2 heteroatoms. The lowest BCUT2D eigenvalue weighted by Crippen LogP contribution is -2.33. The van der Waals surface area contributed by atoms with E-state index in [2.05, 4.69) is 19.2 Å². The SMILES string of the molecule is CCCCCCC(=O)C1(CCC)CCNC1. The summed E-state index contributed by atoms with van der Waals surface area (Å²) < 4.78 is 0. The normalized spacial score (nSPS) is 24.9. The van der Waals surface area contributed by atoms with E-state index in [9.17, 15) is 4.79 Å². The number of rotatable bonds is 8. The number of carbonyl (C=O) groups excluding carboxylic acids is 1. The van der Waals surface area contributed by atoms with Crippen LogP contribution in [0, 0.1) is 5.41 Å². The van der Waals surface area contributed by atoms with E-state index < -0.39 is 0 Å². The van der Waals surface area contributed by atoms with E-state index in [-0.39, 0.29) is 5.41 Å². The van der Waals surface area contributed by atoms with Gasteiger partial charge in [0.1, 0.15) is 5.78 Å². The molecule has 0 radical (unpaired) electrons. The third-order valence-electron chi connectivity index (χ3n) is 3.82. The highest BCUT2D eigenvalue weighted by atomic mass is 16.1. The lowest BCUT2D eigenvalue weighted by molar-refractivity contribution is -0.128. The molecule has 94 valence electrons. The van der Waals surface area contributed by atoms with Crippen molar-refractivity contribution >= 4 is 5.78 Å². The molecule has 0 amide bonds. The summed E-state index contributed by atoms with van der Waals surface area (Å²) in [5.41, 5.74) is 0.000957. The first-order valence-electron chi connectivity index (χ1n) is 6.99. The Morgan fingerprint density at radius 3 is 2.56 bits per heavy atom. The zero-order chi connectivity index (χ0) is 11.9. The Morgan fingerprint density at radius 2 is 2.00 bits per heavy atom. The van der Waals surface area contributed by atoms with Crippen molar-refractivity contribution in [3.63, 3.8) is 0 Å². The van der Waals surface area contributed by atoms with Crippen LogP contribution in [0.25, 0.3) is 0 Å². The first-order valence-corrected chi connectivity index (χ1v) is 6.99. The zero-order valence-electron chi connectivity index (χ0n) is 11.0. The topological polar surface area (TPSA) is 29.1 Å². The maximum Gasteiger partial charge on any atom is 0.140 e. The molecular weight excluding hydrogens is 198 g/mol. The largest absolute Gasteiger partial charge is 0.316 e. The fraction of sp³-hybridized carbons (Fsp3) is 0.929. The van der Waals surface area contributed by atoms with Crippen LogP contribution >= 0.6 is 0 Å². The van der Waals surface area contributed by atoms with Crippen molar-refractivity contribution in [3.05, 3.63) is 0 Å². The van der Waals surface area contributed by atoms with E-state index in [0.717, 1.165) is 45.2 Å². The van der Waals surface area contributed by atoms with Gasteiger partial charge in [0.05, 0.1) is 0 Å². The molecule has 1 unspecified atom stereocenters. The van der Waals surface area contributed by atoms with Gasteiger partial charge in [0.2, 0.25) is 0 Å². The molecule has 0 aromatic rings. The van der Waals surface area contributed by atoms with Gasteiger partial charge in [-0.15, -0.1) is 0 Å². The number of unbranched alkanes of at least 4 members (excludes halogenated alkanes) is 3. The van der Waals surface area contributed by atoms with E-state index >= 15 is 0 Å². The number of Topliss-reactive ketones (excluding diaryl/α,β-unsaturated/α-hetero) is 1. The van der Waals surface area contributed by atoms with Gasteiger partial charge in [-0.25, -0.2) is 0 Å². The molecule has 1 atom stereocenters. The number of nitrogens with one attached hydrogen (secondary N) is 1. The molecule has 2 nitrogen and oxygen atoms in total. The Morgan fingerprint density at radius 1 is 1.19 bits per heavy atom. The third kappa shape index (κ3) is 3.58. The van der Waals surface area contributed by atoms with Crippen LogP contribution in [0.5, 0.6) is 0 Å². The molecule has 1 aliphatic heterocycles. The molecule has 0 bridgehead atoms. The Bertz CT molecular complexity index is 207. The first kappa shape index (κ1) is 13.7. The van der Waals surface area contributed by atoms with Gasteiger partial charge in [0.15, 0.2) is 0 Å². The molecule has 0 aromatic carbocycles. The molecular formula is C14H27NO. The summed E-state index contributed by atoms with van der Waals surface area (Å²) in [5.74, 6) is 0.524. The lowest BCUT2D eigenvalue weighted by atomic mass is 9.77. The van der Waals surface area contributed by atoms with Crippen molar-refractivity contribution in [3.8, 4) is 0 Å². The number of hydrogen-bond donors (Lipinski definition) is 1. The average Bonchev–Trinajstić information content (AvgIpc) is 2.74. The van der Waals surface area contributed by atoms with Gasteiger partial charge in [-0.05, 0) is 25.8 Å². The Hall–Kier alpha value is -0.370. The van der Waals surface area contributed by atoms with Crippen LogP contribution in [0.3, 0.4) is 0 Å². The summed E-state index contributed by atoms with van der Waals surface area (Å²) in [6, 6.07) is 0. The second-order valence-electron chi connectivity index (χ2n) is 5.19. The summed E-state index contributed by atoms with van der Waals surface area (Å²) >= 11 is 0. The summed E-state index contributed by atoms with van der Waals surface area (Å²) in [4.78, 5) is 12.3. The van der Waals surface area contributed by atoms with Crippen molar-refractivity contribution in [1.82, 2.24) is 5.32 Å². The molecule has 0 saturated carbocycles. The van der Waals surface area contributed by atoms with Crippen molar-refractivity contribution in [2.75, 3.05) is 13.1 Å². The van der Waals surface area contributed by atoms with Gasteiger partial charge >= 0.3 is 0 Å². The smallest absolute Gasteiger partial charge is 0.140 e. The Kier molecular flexibility index (Phi) is 6.04. The quantitative estimate of drug-likeness (QED) is 0.642. The maximum atomic E-state index is 12.3. The van der Waals surface area contributed by atoms with Crippen LogP contribution in [-0.4, -0.2) is 18.9 Å². The van der Waals surface area contributed by atoms with Gasteiger partial charge in [-0.1, -0.05) is 39.5 Å². The van der Waals surface area contributed by atoms with E-state index in [4.69, 9.17) is 0 Å². The van der Waals surface area contributed by atoms with Gasteiger partial charge in [-0.3, -0.25) is 4.79 Å². The first-order chi connectivity index (χ1) is 7.75. The molecule has 0 spiro atoms. The van der Waals surface area contributed by atoms with Crippen LogP contribution < -0.4 is 5.32 Å². The second kappa shape index (κ2) is 7.05. The van der Waals surface area contributed by atoms with Gasteiger partial charge in [-0.2, -0.15) is 0 Å². The standard InChI is InChI=1S/C14H27NO/c1-3-5-6-7-8-13(16)14(9-4-2)10-11-15-12-14/h15H,3-12H2,1-2H3. The van der Waals surface area contributed by atoms with Crippen molar-refractivity contribution in [1.29, 1.82) is 0 Å². The van der Waals surface area contributed by atoms with Gasteiger partial charge in [0.25, 0.3) is 0 Å². The molecule has 0 aromatic heterocycles.